The smallest absolute Gasteiger partial charge is 0.134 e. The summed E-state index contributed by atoms with van der Waals surface area (Å²) in [5.74, 6) is 0.452. The van der Waals surface area contributed by atoms with Gasteiger partial charge in [-0.15, -0.1) is 0 Å². The second-order valence-electron chi connectivity index (χ2n) is 4.48. The van der Waals surface area contributed by atoms with E-state index in [4.69, 9.17) is 0 Å². The molecule has 2 rings (SSSR count). The lowest BCUT2D eigenvalue weighted by Crippen LogP contribution is -2.38. The number of hydrogen-bond donors (Lipinski definition) is 1. The first-order valence-corrected chi connectivity index (χ1v) is 5.62. The third-order valence-corrected chi connectivity index (χ3v) is 3.32. The molecule has 0 aliphatic heterocycles. The Morgan fingerprint density at radius 3 is 2.38 bits per heavy atom. The van der Waals surface area contributed by atoms with Crippen LogP contribution >= 0.6 is 0 Å². The molecule has 0 bridgehead atoms. The molecule has 1 N–H and O–H groups in total. The SMILES string of the molecule is O=C1CCC(NC2CCCCC2)C1. The number of hydrogen-bond acceptors (Lipinski definition) is 2. The molecule has 0 spiro atoms. The minimum absolute atomic E-state index is 0.452. The van der Waals surface area contributed by atoms with Crippen molar-refractivity contribution in [1.82, 2.24) is 5.32 Å². The molecule has 2 aliphatic rings. The average Bonchev–Trinajstić information content (AvgIpc) is 2.53. The van der Waals surface area contributed by atoms with Crippen LogP contribution in [0, 0.1) is 0 Å². The van der Waals surface area contributed by atoms with E-state index < -0.39 is 0 Å². The predicted molar refractivity (Wildman–Crippen MR) is 52.7 cm³/mol. The second kappa shape index (κ2) is 4.23. The fraction of sp³-hybridized carbons (Fsp3) is 0.909. The zero-order valence-corrected chi connectivity index (χ0v) is 8.22. The molecular formula is C11H19NO. The minimum Gasteiger partial charge on any atom is -0.311 e. The van der Waals surface area contributed by atoms with E-state index in [2.05, 4.69) is 5.32 Å². The van der Waals surface area contributed by atoms with Crippen LogP contribution in [0.3, 0.4) is 0 Å². The summed E-state index contributed by atoms with van der Waals surface area (Å²) in [6.45, 7) is 0. The zero-order valence-electron chi connectivity index (χ0n) is 8.22. The summed E-state index contributed by atoms with van der Waals surface area (Å²) in [7, 11) is 0. The van der Waals surface area contributed by atoms with Crippen molar-refractivity contribution in [1.29, 1.82) is 0 Å². The van der Waals surface area contributed by atoms with Crippen molar-refractivity contribution in [2.45, 2.75) is 63.5 Å². The molecule has 2 heteroatoms. The molecule has 0 amide bonds. The maximum absolute atomic E-state index is 11.1. The Kier molecular flexibility index (Phi) is 2.99. The van der Waals surface area contributed by atoms with E-state index in [0.717, 1.165) is 19.3 Å². The quantitative estimate of drug-likeness (QED) is 0.706. The molecule has 0 aromatic carbocycles. The first-order chi connectivity index (χ1) is 6.34. The summed E-state index contributed by atoms with van der Waals surface area (Å²) < 4.78 is 0. The summed E-state index contributed by atoms with van der Waals surface area (Å²) in [6.07, 6.45) is 9.48. The molecular weight excluding hydrogens is 162 g/mol. The largest absolute Gasteiger partial charge is 0.311 e. The van der Waals surface area contributed by atoms with E-state index in [1.54, 1.807) is 0 Å². The lowest BCUT2D eigenvalue weighted by atomic mass is 9.95. The molecule has 2 fully saturated rings. The van der Waals surface area contributed by atoms with Gasteiger partial charge in [0.05, 0.1) is 0 Å². The molecule has 2 saturated carbocycles. The molecule has 0 aromatic heterocycles. The maximum atomic E-state index is 11.1. The number of ketones is 1. The number of carbonyl (C=O) groups excluding carboxylic acids is 1. The predicted octanol–water partition coefficient (Wildman–Crippen LogP) is 2.03. The molecule has 13 heavy (non-hydrogen) atoms. The van der Waals surface area contributed by atoms with Crippen molar-refractivity contribution in [2.75, 3.05) is 0 Å². The van der Waals surface area contributed by atoms with Crippen molar-refractivity contribution in [2.24, 2.45) is 0 Å². The van der Waals surface area contributed by atoms with E-state index >= 15 is 0 Å². The van der Waals surface area contributed by atoms with Crippen LogP contribution in [-0.4, -0.2) is 17.9 Å². The van der Waals surface area contributed by atoms with Gasteiger partial charge in [-0.2, -0.15) is 0 Å². The Labute approximate surface area is 80.1 Å². The second-order valence-corrected chi connectivity index (χ2v) is 4.48. The van der Waals surface area contributed by atoms with Gasteiger partial charge in [-0.25, -0.2) is 0 Å². The first-order valence-electron chi connectivity index (χ1n) is 5.62. The highest BCUT2D eigenvalue weighted by Gasteiger charge is 2.24. The zero-order chi connectivity index (χ0) is 9.10. The Morgan fingerprint density at radius 1 is 1.00 bits per heavy atom. The van der Waals surface area contributed by atoms with E-state index in [1.165, 1.54) is 32.1 Å². The van der Waals surface area contributed by atoms with Gasteiger partial charge in [-0.05, 0) is 19.3 Å². The van der Waals surface area contributed by atoms with Gasteiger partial charge >= 0.3 is 0 Å². The highest BCUT2D eigenvalue weighted by Crippen LogP contribution is 2.21. The van der Waals surface area contributed by atoms with Crippen LogP contribution in [-0.2, 0) is 4.79 Å². The molecule has 74 valence electrons. The molecule has 2 aliphatic carbocycles. The topological polar surface area (TPSA) is 29.1 Å². The van der Waals surface area contributed by atoms with Crippen LogP contribution < -0.4 is 5.32 Å². The van der Waals surface area contributed by atoms with Crippen LogP contribution in [0.2, 0.25) is 0 Å². The summed E-state index contributed by atoms with van der Waals surface area (Å²) in [5.41, 5.74) is 0. The van der Waals surface area contributed by atoms with E-state index in [1.807, 2.05) is 0 Å². The van der Waals surface area contributed by atoms with E-state index in [0.29, 0.717) is 17.9 Å². The summed E-state index contributed by atoms with van der Waals surface area (Å²) in [5, 5.41) is 3.63. The Bertz CT molecular complexity index is 185. The lowest BCUT2D eigenvalue weighted by Gasteiger charge is -2.25. The van der Waals surface area contributed by atoms with Crippen LogP contribution in [0.5, 0.6) is 0 Å². The normalized spacial score (nSPS) is 31.1. The minimum atomic E-state index is 0.452. The highest BCUT2D eigenvalue weighted by atomic mass is 16.1. The fourth-order valence-electron chi connectivity index (χ4n) is 2.56. The standard InChI is InChI=1S/C11H19NO/c13-11-7-6-10(8-11)12-9-4-2-1-3-5-9/h9-10,12H,1-8H2. The van der Waals surface area contributed by atoms with Gasteiger partial charge in [-0.3, -0.25) is 4.79 Å². The van der Waals surface area contributed by atoms with Gasteiger partial charge in [0.15, 0.2) is 0 Å². The van der Waals surface area contributed by atoms with E-state index in [9.17, 15) is 4.79 Å². The molecule has 0 radical (unpaired) electrons. The first kappa shape index (κ1) is 9.20. The van der Waals surface area contributed by atoms with Crippen LogP contribution in [0.25, 0.3) is 0 Å². The van der Waals surface area contributed by atoms with Gasteiger partial charge in [0.1, 0.15) is 5.78 Å². The fourth-order valence-corrected chi connectivity index (χ4v) is 2.56. The maximum Gasteiger partial charge on any atom is 0.134 e. The Morgan fingerprint density at radius 2 is 1.77 bits per heavy atom. The van der Waals surface area contributed by atoms with Crippen LogP contribution in [0.15, 0.2) is 0 Å². The van der Waals surface area contributed by atoms with E-state index in [-0.39, 0.29) is 0 Å². The van der Waals surface area contributed by atoms with Crippen molar-refractivity contribution >= 4 is 5.78 Å². The lowest BCUT2D eigenvalue weighted by molar-refractivity contribution is -0.117. The number of Topliss-reactive ketones (excluding diaryl/α,β-unsaturated/α-hetero) is 1. The van der Waals surface area contributed by atoms with Crippen molar-refractivity contribution in [3.8, 4) is 0 Å². The summed E-state index contributed by atoms with van der Waals surface area (Å²) in [6, 6.07) is 1.22. The number of rotatable bonds is 2. The van der Waals surface area contributed by atoms with Gasteiger partial charge < -0.3 is 5.32 Å². The van der Waals surface area contributed by atoms with Gasteiger partial charge in [0, 0.05) is 24.9 Å². The Balaban J connectivity index is 1.73. The summed E-state index contributed by atoms with van der Waals surface area (Å²) >= 11 is 0. The van der Waals surface area contributed by atoms with Crippen LogP contribution in [0.4, 0.5) is 0 Å². The molecule has 0 heterocycles. The van der Waals surface area contributed by atoms with Crippen LogP contribution in [0.1, 0.15) is 51.4 Å². The number of nitrogens with one attached hydrogen (secondary N) is 1. The van der Waals surface area contributed by atoms with Gasteiger partial charge in [0.25, 0.3) is 0 Å². The average molecular weight is 181 g/mol. The van der Waals surface area contributed by atoms with Crippen molar-refractivity contribution in [3.63, 3.8) is 0 Å². The number of carbonyl (C=O) groups is 1. The molecule has 2 nitrogen and oxygen atoms in total. The third kappa shape index (κ3) is 2.53. The molecule has 1 unspecified atom stereocenters. The molecule has 0 aromatic rings. The van der Waals surface area contributed by atoms with Gasteiger partial charge in [-0.1, -0.05) is 19.3 Å². The molecule has 1 atom stereocenters. The summed E-state index contributed by atoms with van der Waals surface area (Å²) in [4.78, 5) is 11.1. The van der Waals surface area contributed by atoms with Crippen molar-refractivity contribution in [3.05, 3.63) is 0 Å². The Hall–Kier alpha value is -0.370. The van der Waals surface area contributed by atoms with Gasteiger partial charge in [0.2, 0.25) is 0 Å². The highest BCUT2D eigenvalue weighted by molar-refractivity contribution is 5.81. The van der Waals surface area contributed by atoms with Crippen molar-refractivity contribution < 1.29 is 4.79 Å². The third-order valence-electron chi connectivity index (χ3n) is 3.32. The monoisotopic (exact) mass is 181 g/mol. The molecule has 0 saturated heterocycles.